The van der Waals surface area contributed by atoms with E-state index >= 15 is 0 Å². The second kappa shape index (κ2) is 7.76. The van der Waals surface area contributed by atoms with Crippen molar-refractivity contribution in [2.24, 2.45) is 0 Å². The average molecular weight is 404 g/mol. The number of nitro groups is 1. The minimum Gasteiger partial charge on any atom is -0.279 e. The van der Waals surface area contributed by atoms with Gasteiger partial charge in [-0.05, 0) is 42.3 Å². The molecule has 8 heteroatoms. The molecule has 2 aromatic heterocycles. The van der Waals surface area contributed by atoms with Gasteiger partial charge in [0.25, 0.3) is 11.6 Å². The van der Waals surface area contributed by atoms with E-state index in [2.05, 4.69) is 4.98 Å². The molecule has 0 saturated carbocycles. The van der Waals surface area contributed by atoms with Crippen LogP contribution < -0.4 is 4.90 Å². The predicted octanol–water partition coefficient (Wildman–Crippen LogP) is 4.75. The Hall–Kier alpha value is -3.65. The summed E-state index contributed by atoms with van der Waals surface area (Å²) in [6, 6.07) is 15.2. The predicted molar refractivity (Wildman–Crippen MR) is 112 cm³/mol. The normalized spacial score (nSPS) is 10.8. The summed E-state index contributed by atoms with van der Waals surface area (Å²) in [6.07, 6.45) is 3.38. The van der Waals surface area contributed by atoms with Gasteiger partial charge in [0, 0.05) is 30.1 Å². The zero-order valence-electron chi connectivity index (χ0n) is 15.5. The van der Waals surface area contributed by atoms with Gasteiger partial charge < -0.3 is 0 Å². The molecule has 2 aromatic carbocycles. The highest BCUT2D eigenvalue weighted by atomic mass is 32.1. The van der Waals surface area contributed by atoms with Gasteiger partial charge in [-0.3, -0.25) is 24.8 Å². The van der Waals surface area contributed by atoms with Crippen molar-refractivity contribution >= 4 is 38.3 Å². The highest BCUT2D eigenvalue weighted by Gasteiger charge is 2.23. The van der Waals surface area contributed by atoms with E-state index < -0.39 is 4.92 Å². The highest BCUT2D eigenvalue weighted by molar-refractivity contribution is 7.22. The zero-order chi connectivity index (χ0) is 20.4. The molecule has 0 aliphatic heterocycles. The Labute approximate surface area is 170 Å². The maximum absolute atomic E-state index is 13.3. The van der Waals surface area contributed by atoms with Crippen molar-refractivity contribution < 1.29 is 9.72 Å². The van der Waals surface area contributed by atoms with Gasteiger partial charge in [0.15, 0.2) is 5.13 Å². The summed E-state index contributed by atoms with van der Waals surface area (Å²) in [5.41, 5.74) is 3.06. The number of aromatic nitrogens is 2. The summed E-state index contributed by atoms with van der Waals surface area (Å²) >= 11 is 1.44. The summed E-state index contributed by atoms with van der Waals surface area (Å²) in [7, 11) is 0. The van der Waals surface area contributed by atoms with E-state index in [0.717, 1.165) is 21.3 Å². The lowest BCUT2D eigenvalue weighted by molar-refractivity contribution is -0.384. The van der Waals surface area contributed by atoms with Crippen LogP contribution in [-0.2, 0) is 6.54 Å². The summed E-state index contributed by atoms with van der Waals surface area (Å²) in [6.45, 7) is 2.28. The molecular weight excluding hydrogens is 388 g/mol. The van der Waals surface area contributed by atoms with Gasteiger partial charge in [-0.2, -0.15) is 0 Å². The van der Waals surface area contributed by atoms with Crippen LogP contribution in [0.2, 0.25) is 0 Å². The number of non-ortho nitro benzene ring substituents is 1. The van der Waals surface area contributed by atoms with Crippen LogP contribution in [0.4, 0.5) is 10.8 Å². The molecule has 0 aliphatic rings. The number of anilines is 1. The smallest absolute Gasteiger partial charge is 0.269 e. The van der Waals surface area contributed by atoms with E-state index in [1.165, 1.54) is 35.6 Å². The molecule has 7 nitrogen and oxygen atoms in total. The molecule has 144 valence electrons. The third-order valence-electron chi connectivity index (χ3n) is 4.47. The number of amides is 1. The Morgan fingerprint density at radius 1 is 1.14 bits per heavy atom. The van der Waals surface area contributed by atoms with Crippen LogP contribution >= 0.6 is 11.3 Å². The van der Waals surface area contributed by atoms with E-state index in [0.29, 0.717) is 17.2 Å². The SMILES string of the molecule is Cc1cccc2sc(N(Cc3cccnc3)C(=O)c3ccc([N+](=O)[O-])cc3)nc12. The standard InChI is InChI=1S/C21H16N4O3S/c1-14-4-2-6-18-19(14)23-21(29-18)24(13-15-5-3-11-22-12-15)20(26)16-7-9-17(10-8-16)25(27)28/h2-12H,13H2,1H3. The lowest BCUT2D eigenvalue weighted by Gasteiger charge is -2.20. The number of rotatable bonds is 5. The van der Waals surface area contributed by atoms with Gasteiger partial charge in [-0.15, -0.1) is 0 Å². The summed E-state index contributed by atoms with van der Waals surface area (Å²) in [5.74, 6) is -0.277. The number of aryl methyl sites for hydroxylation is 1. The number of pyridine rings is 1. The minimum absolute atomic E-state index is 0.0593. The Bertz CT molecular complexity index is 1190. The number of benzene rings is 2. The molecule has 29 heavy (non-hydrogen) atoms. The van der Waals surface area contributed by atoms with Crippen molar-refractivity contribution in [2.75, 3.05) is 4.90 Å². The second-order valence-corrected chi connectivity index (χ2v) is 7.48. The van der Waals surface area contributed by atoms with Gasteiger partial charge in [-0.25, -0.2) is 4.98 Å². The molecule has 0 bridgehead atoms. The monoisotopic (exact) mass is 404 g/mol. The van der Waals surface area contributed by atoms with Crippen LogP contribution in [0.1, 0.15) is 21.5 Å². The lowest BCUT2D eigenvalue weighted by Crippen LogP contribution is -2.30. The molecule has 4 aromatic rings. The van der Waals surface area contributed by atoms with Crippen molar-refractivity contribution in [3.05, 3.63) is 93.8 Å². The maximum Gasteiger partial charge on any atom is 0.269 e. The van der Waals surface area contributed by atoms with E-state index in [1.54, 1.807) is 17.3 Å². The van der Waals surface area contributed by atoms with E-state index in [1.807, 2.05) is 37.3 Å². The molecule has 0 fully saturated rings. The fourth-order valence-electron chi connectivity index (χ4n) is 2.97. The lowest BCUT2D eigenvalue weighted by atomic mass is 10.1. The summed E-state index contributed by atoms with van der Waals surface area (Å²) < 4.78 is 0.993. The van der Waals surface area contributed by atoms with Gasteiger partial charge in [-0.1, -0.05) is 29.5 Å². The third-order valence-corrected chi connectivity index (χ3v) is 5.52. The first-order valence-electron chi connectivity index (χ1n) is 8.84. The van der Waals surface area contributed by atoms with Crippen molar-refractivity contribution in [3.63, 3.8) is 0 Å². The summed E-state index contributed by atoms with van der Waals surface area (Å²) in [5, 5.41) is 11.5. The molecule has 0 aliphatic carbocycles. The van der Waals surface area contributed by atoms with E-state index in [9.17, 15) is 14.9 Å². The van der Waals surface area contributed by atoms with Crippen LogP contribution in [-0.4, -0.2) is 20.8 Å². The van der Waals surface area contributed by atoms with E-state index in [-0.39, 0.29) is 11.6 Å². The number of carbonyl (C=O) groups is 1. The van der Waals surface area contributed by atoms with Crippen molar-refractivity contribution in [2.45, 2.75) is 13.5 Å². The fourth-order valence-corrected chi connectivity index (χ4v) is 4.01. The van der Waals surface area contributed by atoms with Crippen LogP contribution in [0.5, 0.6) is 0 Å². The third kappa shape index (κ3) is 3.83. The molecule has 0 atom stereocenters. The maximum atomic E-state index is 13.3. The van der Waals surface area contributed by atoms with Crippen LogP contribution in [0.3, 0.4) is 0 Å². The molecule has 0 saturated heterocycles. The topological polar surface area (TPSA) is 89.2 Å². The molecule has 0 radical (unpaired) electrons. The first-order chi connectivity index (χ1) is 14.0. The Kier molecular flexibility index (Phi) is 5.01. The van der Waals surface area contributed by atoms with Gasteiger partial charge >= 0.3 is 0 Å². The largest absolute Gasteiger partial charge is 0.279 e. The minimum atomic E-state index is -0.488. The molecule has 2 heterocycles. The Balaban J connectivity index is 1.75. The van der Waals surface area contributed by atoms with Crippen molar-refractivity contribution in [3.8, 4) is 0 Å². The molecule has 1 amide bonds. The molecule has 4 rings (SSSR count). The quantitative estimate of drug-likeness (QED) is 0.354. The average Bonchev–Trinajstić information content (AvgIpc) is 3.18. The number of hydrogen-bond acceptors (Lipinski definition) is 6. The number of fused-ring (bicyclic) bond motifs is 1. The first-order valence-corrected chi connectivity index (χ1v) is 9.66. The fraction of sp³-hybridized carbons (Fsp3) is 0.0952. The van der Waals surface area contributed by atoms with E-state index in [4.69, 9.17) is 4.98 Å². The van der Waals surface area contributed by atoms with Crippen LogP contribution in [0.15, 0.2) is 67.0 Å². The number of nitrogens with zero attached hydrogens (tertiary/aromatic N) is 4. The highest BCUT2D eigenvalue weighted by Crippen LogP contribution is 2.32. The molecule has 0 spiro atoms. The number of carbonyl (C=O) groups excluding carboxylic acids is 1. The number of hydrogen-bond donors (Lipinski definition) is 0. The van der Waals surface area contributed by atoms with Crippen molar-refractivity contribution in [1.82, 2.24) is 9.97 Å². The molecular formula is C21H16N4O3S. The van der Waals surface area contributed by atoms with Gasteiger partial charge in [0.1, 0.15) is 0 Å². The zero-order valence-corrected chi connectivity index (χ0v) is 16.3. The van der Waals surface area contributed by atoms with Crippen LogP contribution in [0, 0.1) is 17.0 Å². The Morgan fingerprint density at radius 3 is 2.59 bits per heavy atom. The van der Waals surface area contributed by atoms with Crippen LogP contribution in [0.25, 0.3) is 10.2 Å². The number of para-hydroxylation sites is 1. The molecule has 0 N–H and O–H groups in total. The number of thiazole rings is 1. The Morgan fingerprint density at radius 2 is 1.93 bits per heavy atom. The first kappa shape index (κ1) is 18.7. The van der Waals surface area contributed by atoms with Crippen molar-refractivity contribution in [1.29, 1.82) is 0 Å². The second-order valence-electron chi connectivity index (χ2n) is 6.47. The van der Waals surface area contributed by atoms with Gasteiger partial charge in [0.2, 0.25) is 0 Å². The van der Waals surface area contributed by atoms with Gasteiger partial charge in [0.05, 0.1) is 21.7 Å². The molecule has 0 unspecified atom stereocenters. The summed E-state index contributed by atoms with van der Waals surface area (Å²) in [4.78, 5) is 34.1. The number of nitro benzene ring substituents is 1.